The standard InChI is InChI=1S/C58H54O14/c59-51(41-15-7-5-8-16-41)29-23-39-19-25-43(26-20-39)69-31-11-1-3-13-33-71-45-35-47(53(57(65)66)49(37-45)55(61)62)48-36-46(38-50(56(63)64)54(48)58(67)68)72-34-14-4-2-12-32-70-44-27-21-40(22-28-44)24-30-52(60)42-17-9-6-10-18-42/h5-10,15-30,35-38H,1-4,11-14,31-34H2,(H,61,62)(H,63,64)(H,65,66)(H,67,68). The molecule has 0 saturated carbocycles. The minimum atomic E-state index is -1.68. The van der Waals surface area contributed by atoms with Crippen molar-refractivity contribution in [1.82, 2.24) is 0 Å². The second-order valence-electron chi connectivity index (χ2n) is 16.5. The van der Waals surface area contributed by atoms with Gasteiger partial charge in [0.05, 0.1) is 48.7 Å². The second kappa shape index (κ2) is 26.8. The summed E-state index contributed by atoms with van der Waals surface area (Å²) in [5.74, 6) is -5.51. The Labute approximate surface area is 416 Å². The number of carboxylic acid groups (broad SMARTS) is 4. The maximum atomic E-state index is 12.7. The fourth-order valence-electron chi connectivity index (χ4n) is 7.59. The Morgan fingerprint density at radius 2 is 0.681 bits per heavy atom. The van der Waals surface area contributed by atoms with Gasteiger partial charge in [-0.1, -0.05) is 97.1 Å². The summed E-state index contributed by atoms with van der Waals surface area (Å²) in [6.45, 7) is 1.12. The van der Waals surface area contributed by atoms with Crippen molar-refractivity contribution < 1.29 is 68.1 Å². The van der Waals surface area contributed by atoms with Crippen molar-refractivity contribution in [2.24, 2.45) is 0 Å². The van der Waals surface area contributed by atoms with Gasteiger partial charge in [0.2, 0.25) is 0 Å². The number of carboxylic acids is 4. The van der Waals surface area contributed by atoms with Crippen molar-refractivity contribution in [1.29, 1.82) is 0 Å². The smallest absolute Gasteiger partial charge is 0.337 e. The highest BCUT2D eigenvalue weighted by Gasteiger charge is 2.29. The SMILES string of the molecule is O=C(C=Cc1ccc(OCCCCCCOc2cc(C(=O)O)c(C(=O)O)c(-c3cc(OCCCCCCOc4ccc(C=CC(=O)c5ccccc5)cc4)cc(C(=O)O)c3C(=O)O)c2)cc1)c1ccccc1. The number of hydrogen-bond acceptors (Lipinski definition) is 10. The van der Waals surface area contributed by atoms with E-state index in [2.05, 4.69) is 0 Å². The predicted octanol–water partition coefficient (Wildman–Crippen LogP) is 12.0. The van der Waals surface area contributed by atoms with Crippen LogP contribution in [0.1, 0.15) is 125 Å². The Morgan fingerprint density at radius 1 is 0.361 bits per heavy atom. The number of ketones is 2. The molecule has 6 rings (SSSR count). The fourth-order valence-corrected chi connectivity index (χ4v) is 7.59. The molecule has 6 aromatic carbocycles. The monoisotopic (exact) mass is 974 g/mol. The van der Waals surface area contributed by atoms with Gasteiger partial charge in [0.25, 0.3) is 0 Å². The normalized spacial score (nSPS) is 11.1. The maximum Gasteiger partial charge on any atom is 0.337 e. The Kier molecular flexibility index (Phi) is 19.6. The molecule has 0 aliphatic carbocycles. The molecule has 4 N–H and O–H groups in total. The average Bonchev–Trinajstić information content (AvgIpc) is 3.39. The molecule has 14 heteroatoms. The zero-order chi connectivity index (χ0) is 51.2. The van der Waals surface area contributed by atoms with Crippen LogP contribution in [0.25, 0.3) is 23.3 Å². The van der Waals surface area contributed by atoms with Gasteiger partial charge in [-0.05, 0) is 123 Å². The van der Waals surface area contributed by atoms with E-state index < -0.39 is 46.1 Å². The lowest BCUT2D eigenvalue weighted by Crippen LogP contribution is -2.15. The lowest BCUT2D eigenvalue weighted by Gasteiger charge is -2.18. The summed E-state index contributed by atoms with van der Waals surface area (Å²) in [7, 11) is 0. The molecule has 0 heterocycles. The minimum Gasteiger partial charge on any atom is -0.494 e. The maximum absolute atomic E-state index is 12.7. The number of carbonyl (C=O) groups is 6. The Morgan fingerprint density at radius 3 is 0.986 bits per heavy atom. The zero-order valence-corrected chi connectivity index (χ0v) is 39.4. The highest BCUT2D eigenvalue weighted by atomic mass is 16.5. The van der Waals surface area contributed by atoms with E-state index in [-0.39, 0.29) is 47.4 Å². The van der Waals surface area contributed by atoms with E-state index in [1.165, 1.54) is 24.3 Å². The molecule has 0 spiro atoms. The highest BCUT2D eigenvalue weighted by Crippen LogP contribution is 2.38. The number of hydrogen-bond donors (Lipinski definition) is 4. The first kappa shape index (κ1) is 52.6. The van der Waals surface area contributed by atoms with Crippen LogP contribution < -0.4 is 18.9 Å². The average molecular weight is 975 g/mol. The number of unbranched alkanes of at least 4 members (excludes halogenated alkanes) is 6. The van der Waals surface area contributed by atoms with Crippen molar-refractivity contribution >= 4 is 47.6 Å². The van der Waals surface area contributed by atoms with E-state index >= 15 is 0 Å². The van der Waals surface area contributed by atoms with E-state index in [1.54, 1.807) is 36.4 Å². The number of allylic oxidation sites excluding steroid dienone is 2. The number of aromatic carboxylic acids is 4. The van der Waals surface area contributed by atoms with Crippen LogP contribution in [0.2, 0.25) is 0 Å². The molecule has 0 atom stereocenters. The third-order valence-electron chi connectivity index (χ3n) is 11.3. The molecular formula is C58H54O14. The summed E-state index contributed by atoms with van der Waals surface area (Å²) >= 11 is 0. The first-order chi connectivity index (χ1) is 34.9. The third kappa shape index (κ3) is 15.6. The number of ether oxygens (including phenoxy) is 4. The van der Waals surface area contributed by atoms with E-state index in [9.17, 15) is 49.2 Å². The fraction of sp³-hybridized carbons (Fsp3) is 0.207. The molecule has 0 aliphatic rings. The summed E-state index contributed by atoms with van der Waals surface area (Å²) in [6, 6.07) is 37.2. The predicted molar refractivity (Wildman–Crippen MR) is 271 cm³/mol. The number of carbonyl (C=O) groups excluding carboxylic acids is 2. The molecular weight excluding hydrogens is 921 g/mol. The minimum absolute atomic E-state index is 0.0524. The van der Waals surface area contributed by atoms with Crippen molar-refractivity contribution in [3.8, 4) is 34.1 Å². The lowest BCUT2D eigenvalue weighted by molar-refractivity contribution is 0.0649. The number of rotatable bonds is 29. The first-order valence-corrected chi connectivity index (χ1v) is 23.4. The van der Waals surface area contributed by atoms with Crippen molar-refractivity contribution in [2.75, 3.05) is 26.4 Å². The summed E-state index contributed by atoms with van der Waals surface area (Å²) in [5, 5.41) is 40.7. The van der Waals surface area contributed by atoms with Crippen molar-refractivity contribution in [3.63, 3.8) is 0 Å². The van der Waals surface area contributed by atoms with E-state index in [0.717, 1.165) is 48.9 Å². The van der Waals surface area contributed by atoms with Gasteiger partial charge in [-0.2, -0.15) is 0 Å². The third-order valence-corrected chi connectivity index (χ3v) is 11.3. The van der Waals surface area contributed by atoms with E-state index in [1.807, 2.05) is 84.9 Å². The van der Waals surface area contributed by atoms with Crippen molar-refractivity contribution in [2.45, 2.75) is 51.4 Å². The lowest BCUT2D eigenvalue weighted by atomic mass is 9.89. The topological polar surface area (TPSA) is 220 Å². The van der Waals surface area contributed by atoms with Gasteiger partial charge in [0, 0.05) is 22.3 Å². The Balaban J connectivity index is 0.994. The molecule has 0 saturated heterocycles. The molecule has 6 aromatic rings. The molecule has 14 nitrogen and oxygen atoms in total. The van der Waals surface area contributed by atoms with Crippen LogP contribution in [0, 0.1) is 0 Å². The first-order valence-electron chi connectivity index (χ1n) is 23.4. The van der Waals surface area contributed by atoms with Gasteiger partial charge in [-0.3, -0.25) is 9.59 Å². The summed E-state index contributed by atoms with van der Waals surface area (Å²) in [6.07, 6.45) is 12.0. The summed E-state index contributed by atoms with van der Waals surface area (Å²) in [4.78, 5) is 74.9. The van der Waals surface area contributed by atoms with Crippen LogP contribution >= 0.6 is 0 Å². The van der Waals surface area contributed by atoms with Crippen LogP contribution in [0.4, 0.5) is 0 Å². The largest absolute Gasteiger partial charge is 0.494 e. The van der Waals surface area contributed by atoms with Crippen LogP contribution in [0.5, 0.6) is 23.0 Å². The number of benzene rings is 6. The van der Waals surface area contributed by atoms with Crippen LogP contribution in [-0.4, -0.2) is 82.3 Å². The van der Waals surface area contributed by atoms with Gasteiger partial charge >= 0.3 is 23.9 Å². The molecule has 0 amide bonds. The quantitative estimate of drug-likeness (QED) is 0.0195. The van der Waals surface area contributed by atoms with Crippen molar-refractivity contribution in [3.05, 3.63) is 190 Å². The van der Waals surface area contributed by atoms with Gasteiger partial charge in [0.1, 0.15) is 23.0 Å². The molecule has 0 bridgehead atoms. The Hall–Kier alpha value is -8.78. The molecule has 72 heavy (non-hydrogen) atoms. The van der Waals surface area contributed by atoms with Gasteiger partial charge in [0.15, 0.2) is 11.6 Å². The Bertz CT molecular complexity index is 2690. The van der Waals surface area contributed by atoms with Gasteiger partial charge in [-0.15, -0.1) is 0 Å². The summed E-state index contributed by atoms with van der Waals surface area (Å²) < 4.78 is 23.5. The highest BCUT2D eigenvalue weighted by molar-refractivity contribution is 6.12. The molecule has 0 aliphatic heterocycles. The van der Waals surface area contributed by atoms with E-state index in [4.69, 9.17) is 18.9 Å². The molecule has 0 aromatic heterocycles. The summed E-state index contributed by atoms with van der Waals surface area (Å²) in [5.41, 5.74) is -0.672. The van der Waals surface area contributed by atoms with Gasteiger partial charge in [-0.25, -0.2) is 19.2 Å². The molecule has 0 fully saturated rings. The van der Waals surface area contributed by atoms with Gasteiger partial charge < -0.3 is 39.4 Å². The van der Waals surface area contributed by atoms with Crippen LogP contribution in [0.3, 0.4) is 0 Å². The van der Waals surface area contributed by atoms with E-state index in [0.29, 0.717) is 61.5 Å². The van der Waals surface area contributed by atoms with Crippen LogP contribution in [-0.2, 0) is 0 Å². The zero-order valence-electron chi connectivity index (χ0n) is 39.4. The molecule has 370 valence electrons. The molecule has 0 unspecified atom stereocenters. The molecule has 0 radical (unpaired) electrons. The second-order valence-corrected chi connectivity index (χ2v) is 16.5. The van der Waals surface area contributed by atoms with Crippen LogP contribution in [0.15, 0.2) is 146 Å².